The van der Waals surface area contributed by atoms with Gasteiger partial charge in [0.25, 0.3) is 0 Å². The minimum Gasteiger partial charge on any atom is -0.384 e. The molecule has 2 aromatic heterocycles. The van der Waals surface area contributed by atoms with E-state index in [4.69, 9.17) is 5.11 Å². The van der Waals surface area contributed by atoms with Crippen LogP contribution in [0.4, 0.5) is 0 Å². The number of rotatable bonds is 3. The Morgan fingerprint density at radius 1 is 1.33 bits per heavy atom. The SMILES string of the molecule is Cc1ccc(C2(O)CCN(Cc3cc(C#CCO)cs3)CC2)nc1. The maximum absolute atomic E-state index is 10.9. The van der Waals surface area contributed by atoms with Crippen LogP contribution in [0.1, 0.15) is 34.5 Å². The summed E-state index contributed by atoms with van der Waals surface area (Å²) in [6.07, 6.45) is 3.22. The number of aromatic nitrogens is 1. The van der Waals surface area contributed by atoms with Gasteiger partial charge in [-0.3, -0.25) is 9.88 Å². The van der Waals surface area contributed by atoms with Gasteiger partial charge in [-0.25, -0.2) is 0 Å². The number of aryl methyl sites for hydroxylation is 1. The second-order valence-electron chi connectivity index (χ2n) is 6.29. The van der Waals surface area contributed by atoms with Crippen LogP contribution >= 0.6 is 11.3 Å². The molecule has 0 aliphatic carbocycles. The van der Waals surface area contributed by atoms with Crippen molar-refractivity contribution in [1.29, 1.82) is 0 Å². The van der Waals surface area contributed by atoms with Gasteiger partial charge >= 0.3 is 0 Å². The molecular weight excluding hydrogens is 320 g/mol. The monoisotopic (exact) mass is 342 g/mol. The second-order valence-corrected chi connectivity index (χ2v) is 7.29. The molecule has 24 heavy (non-hydrogen) atoms. The smallest absolute Gasteiger partial charge is 0.109 e. The Morgan fingerprint density at radius 2 is 2.12 bits per heavy atom. The summed E-state index contributed by atoms with van der Waals surface area (Å²) in [7, 11) is 0. The molecule has 1 aliphatic heterocycles. The molecule has 126 valence electrons. The molecule has 2 aromatic rings. The Balaban J connectivity index is 1.58. The van der Waals surface area contributed by atoms with E-state index in [1.807, 2.05) is 30.6 Å². The first-order valence-corrected chi connectivity index (χ1v) is 9.02. The third-order valence-electron chi connectivity index (χ3n) is 4.42. The number of piperidine rings is 1. The van der Waals surface area contributed by atoms with Crippen LogP contribution in [0.25, 0.3) is 0 Å². The van der Waals surface area contributed by atoms with E-state index in [0.717, 1.165) is 36.5 Å². The van der Waals surface area contributed by atoms with Crippen LogP contribution in [-0.2, 0) is 12.1 Å². The van der Waals surface area contributed by atoms with Gasteiger partial charge in [-0.2, -0.15) is 0 Å². The lowest BCUT2D eigenvalue weighted by Crippen LogP contribution is -2.42. The summed E-state index contributed by atoms with van der Waals surface area (Å²) in [4.78, 5) is 8.03. The molecular formula is C19H22N2O2S. The van der Waals surface area contributed by atoms with Gasteiger partial charge in [0.1, 0.15) is 12.2 Å². The Morgan fingerprint density at radius 3 is 2.79 bits per heavy atom. The van der Waals surface area contributed by atoms with Gasteiger partial charge in [0.15, 0.2) is 0 Å². The molecule has 2 N–H and O–H groups in total. The van der Waals surface area contributed by atoms with Gasteiger partial charge in [-0.15, -0.1) is 11.3 Å². The summed E-state index contributed by atoms with van der Waals surface area (Å²) in [6.45, 7) is 4.47. The fourth-order valence-electron chi connectivity index (χ4n) is 2.97. The van der Waals surface area contributed by atoms with E-state index >= 15 is 0 Å². The Labute approximate surface area is 146 Å². The Kier molecular flexibility index (Phi) is 5.32. The predicted molar refractivity (Wildman–Crippen MR) is 95.7 cm³/mol. The molecule has 1 fully saturated rings. The van der Waals surface area contributed by atoms with Gasteiger partial charge in [-0.1, -0.05) is 17.9 Å². The zero-order valence-corrected chi connectivity index (χ0v) is 14.6. The first-order chi connectivity index (χ1) is 11.6. The minimum atomic E-state index is -0.808. The van der Waals surface area contributed by atoms with Crippen molar-refractivity contribution < 1.29 is 10.2 Å². The number of pyridine rings is 1. The van der Waals surface area contributed by atoms with Crippen molar-refractivity contribution in [3.63, 3.8) is 0 Å². The van der Waals surface area contributed by atoms with Crippen molar-refractivity contribution in [1.82, 2.24) is 9.88 Å². The maximum Gasteiger partial charge on any atom is 0.109 e. The molecule has 0 radical (unpaired) electrons. The highest BCUT2D eigenvalue weighted by atomic mass is 32.1. The molecule has 0 amide bonds. The normalized spacial score (nSPS) is 17.3. The van der Waals surface area contributed by atoms with Crippen LogP contribution in [0.3, 0.4) is 0 Å². The third-order valence-corrected chi connectivity index (χ3v) is 5.34. The molecule has 3 heterocycles. The van der Waals surface area contributed by atoms with Gasteiger partial charge in [0.2, 0.25) is 0 Å². The summed E-state index contributed by atoms with van der Waals surface area (Å²) in [5, 5.41) is 21.7. The number of aliphatic hydroxyl groups is 2. The zero-order chi connectivity index (χ0) is 17.0. The molecule has 5 heteroatoms. The lowest BCUT2D eigenvalue weighted by atomic mass is 9.87. The summed E-state index contributed by atoms with van der Waals surface area (Å²) in [5.41, 5.74) is 2.04. The van der Waals surface area contributed by atoms with Crippen LogP contribution < -0.4 is 0 Å². The molecule has 1 saturated heterocycles. The molecule has 4 nitrogen and oxygen atoms in total. The summed E-state index contributed by atoms with van der Waals surface area (Å²) in [6, 6.07) is 6.03. The van der Waals surface area contributed by atoms with Crippen molar-refractivity contribution in [2.24, 2.45) is 0 Å². The number of thiophene rings is 1. The van der Waals surface area contributed by atoms with Crippen molar-refractivity contribution in [3.05, 3.63) is 51.5 Å². The third kappa shape index (κ3) is 4.03. The molecule has 0 saturated carbocycles. The number of hydrogen-bond donors (Lipinski definition) is 2. The van der Waals surface area contributed by atoms with E-state index in [-0.39, 0.29) is 6.61 Å². The van der Waals surface area contributed by atoms with Crippen LogP contribution in [0.2, 0.25) is 0 Å². The van der Waals surface area contributed by atoms with E-state index in [9.17, 15) is 5.11 Å². The predicted octanol–water partition coefficient (Wildman–Crippen LogP) is 2.28. The van der Waals surface area contributed by atoms with Gasteiger partial charge < -0.3 is 10.2 Å². The quantitative estimate of drug-likeness (QED) is 0.840. The van der Waals surface area contributed by atoms with E-state index in [1.165, 1.54) is 4.88 Å². The van der Waals surface area contributed by atoms with Crippen LogP contribution in [-0.4, -0.2) is 39.8 Å². The highest BCUT2D eigenvalue weighted by molar-refractivity contribution is 7.10. The van der Waals surface area contributed by atoms with Crippen molar-refractivity contribution in [2.45, 2.75) is 31.9 Å². The highest BCUT2D eigenvalue weighted by Crippen LogP contribution is 2.32. The summed E-state index contributed by atoms with van der Waals surface area (Å²) < 4.78 is 0. The first kappa shape index (κ1) is 17.1. The average molecular weight is 342 g/mol. The standard InChI is InChI=1S/C19H22N2O2S/c1-15-4-5-18(20-12-15)19(23)6-8-21(9-7-19)13-17-11-16(14-24-17)3-2-10-22/h4-5,11-12,14,22-23H,6-10,13H2,1H3. The second kappa shape index (κ2) is 7.45. The van der Waals surface area contributed by atoms with Crippen molar-refractivity contribution in [3.8, 4) is 11.8 Å². The molecule has 3 rings (SSSR count). The van der Waals surface area contributed by atoms with E-state index in [2.05, 4.69) is 27.8 Å². The molecule has 0 atom stereocenters. The van der Waals surface area contributed by atoms with E-state index < -0.39 is 5.60 Å². The average Bonchev–Trinajstić information content (AvgIpc) is 3.03. The van der Waals surface area contributed by atoms with Gasteiger partial charge in [0, 0.05) is 41.7 Å². The van der Waals surface area contributed by atoms with Crippen LogP contribution in [0, 0.1) is 18.8 Å². The fraction of sp³-hybridized carbons (Fsp3) is 0.421. The largest absolute Gasteiger partial charge is 0.384 e. The van der Waals surface area contributed by atoms with Crippen molar-refractivity contribution in [2.75, 3.05) is 19.7 Å². The summed E-state index contributed by atoms with van der Waals surface area (Å²) >= 11 is 1.69. The molecule has 1 aliphatic rings. The van der Waals surface area contributed by atoms with Crippen LogP contribution in [0.5, 0.6) is 0 Å². The lowest BCUT2D eigenvalue weighted by molar-refractivity contribution is -0.0309. The fourth-order valence-corrected chi connectivity index (χ4v) is 3.83. The lowest BCUT2D eigenvalue weighted by Gasteiger charge is -2.37. The molecule has 0 bridgehead atoms. The van der Waals surface area contributed by atoms with Gasteiger partial charge in [-0.05, 0) is 37.5 Å². The minimum absolute atomic E-state index is 0.108. The number of likely N-dealkylation sites (tertiary alicyclic amines) is 1. The maximum atomic E-state index is 10.9. The number of aliphatic hydroxyl groups excluding tert-OH is 1. The van der Waals surface area contributed by atoms with Crippen molar-refractivity contribution >= 4 is 11.3 Å². The Hall–Kier alpha value is -1.71. The molecule has 0 spiro atoms. The molecule has 0 aromatic carbocycles. The number of hydrogen-bond acceptors (Lipinski definition) is 5. The van der Waals surface area contributed by atoms with Gasteiger partial charge in [0.05, 0.1) is 5.69 Å². The number of nitrogens with zero attached hydrogens (tertiary/aromatic N) is 2. The zero-order valence-electron chi connectivity index (χ0n) is 13.8. The summed E-state index contributed by atoms with van der Waals surface area (Å²) in [5.74, 6) is 5.61. The highest BCUT2D eigenvalue weighted by Gasteiger charge is 2.35. The topological polar surface area (TPSA) is 56.6 Å². The van der Waals surface area contributed by atoms with E-state index in [1.54, 1.807) is 11.3 Å². The first-order valence-electron chi connectivity index (χ1n) is 8.14. The molecule has 0 unspecified atom stereocenters. The van der Waals surface area contributed by atoms with E-state index in [0.29, 0.717) is 12.8 Å². The van der Waals surface area contributed by atoms with Crippen LogP contribution in [0.15, 0.2) is 29.8 Å². The Bertz CT molecular complexity index is 735.